The predicted octanol–water partition coefficient (Wildman–Crippen LogP) is 1.21. The number of ether oxygens (including phenoxy) is 5. The van der Waals surface area contributed by atoms with Crippen molar-refractivity contribution in [1.29, 1.82) is 0 Å². The van der Waals surface area contributed by atoms with Crippen molar-refractivity contribution >= 4 is 5.97 Å². The zero-order chi connectivity index (χ0) is 13.7. The van der Waals surface area contributed by atoms with Gasteiger partial charge in [-0.15, -0.1) is 0 Å². The predicted molar refractivity (Wildman–Crippen MR) is 65.0 cm³/mol. The maximum atomic E-state index is 11.7. The Labute approximate surface area is 112 Å². The number of carbonyl (C=O) groups is 1. The molecule has 1 fully saturated rings. The molecule has 0 amide bonds. The fraction of sp³-hybridized carbons (Fsp3) is 0.769. The van der Waals surface area contributed by atoms with Gasteiger partial charge in [-0.25, -0.2) is 4.79 Å². The van der Waals surface area contributed by atoms with E-state index in [4.69, 9.17) is 23.7 Å². The number of carbonyl (C=O) groups excluding carboxylic acids is 1. The van der Waals surface area contributed by atoms with Gasteiger partial charge in [-0.1, -0.05) is 0 Å². The molecular formula is C13H20O6. The molecule has 2 rings (SSSR count). The van der Waals surface area contributed by atoms with Crippen LogP contribution in [0.5, 0.6) is 0 Å². The lowest BCUT2D eigenvalue weighted by molar-refractivity contribution is -0.146. The highest BCUT2D eigenvalue weighted by Gasteiger charge is 2.34. The van der Waals surface area contributed by atoms with Crippen LogP contribution in [0.4, 0.5) is 0 Å². The molecule has 108 valence electrons. The summed E-state index contributed by atoms with van der Waals surface area (Å²) in [5.41, 5.74) is 0.512. The highest BCUT2D eigenvalue weighted by Crippen LogP contribution is 2.31. The van der Waals surface area contributed by atoms with Crippen LogP contribution in [0.3, 0.4) is 0 Å². The Bertz CT molecular complexity index is 334. The summed E-state index contributed by atoms with van der Waals surface area (Å²) in [7, 11) is 1.36. The third-order valence-corrected chi connectivity index (χ3v) is 3.21. The molecule has 0 aliphatic carbocycles. The first kappa shape index (κ1) is 14.3. The number of rotatable bonds is 5. The molecule has 0 saturated carbocycles. The minimum atomic E-state index is -0.377. The smallest absolute Gasteiger partial charge is 0.337 e. The summed E-state index contributed by atoms with van der Waals surface area (Å²) in [4.78, 5) is 11.7. The van der Waals surface area contributed by atoms with Gasteiger partial charge < -0.3 is 23.7 Å². The molecule has 6 nitrogen and oxygen atoms in total. The Morgan fingerprint density at radius 2 is 2.16 bits per heavy atom. The highest BCUT2D eigenvalue weighted by atomic mass is 16.7. The van der Waals surface area contributed by atoms with E-state index in [1.54, 1.807) is 0 Å². The van der Waals surface area contributed by atoms with E-state index in [1.165, 1.54) is 13.4 Å². The second-order valence-electron chi connectivity index (χ2n) is 4.43. The Morgan fingerprint density at radius 1 is 1.42 bits per heavy atom. The molecule has 0 aromatic heterocycles. The van der Waals surface area contributed by atoms with Gasteiger partial charge in [0.15, 0.2) is 12.6 Å². The molecule has 0 radical (unpaired) electrons. The molecule has 0 unspecified atom stereocenters. The van der Waals surface area contributed by atoms with Crippen LogP contribution in [0, 0.1) is 5.92 Å². The van der Waals surface area contributed by atoms with Crippen molar-refractivity contribution in [3.05, 3.63) is 11.8 Å². The monoisotopic (exact) mass is 272 g/mol. The molecule has 2 aliphatic heterocycles. The normalized spacial score (nSPS) is 27.8. The first-order valence-corrected chi connectivity index (χ1v) is 6.53. The van der Waals surface area contributed by atoms with Crippen molar-refractivity contribution in [3.8, 4) is 0 Å². The van der Waals surface area contributed by atoms with Crippen LogP contribution in [0.15, 0.2) is 11.8 Å². The Kier molecular flexibility index (Phi) is 5.18. The third kappa shape index (κ3) is 3.68. The lowest BCUT2D eigenvalue weighted by Gasteiger charge is -2.29. The summed E-state index contributed by atoms with van der Waals surface area (Å²) >= 11 is 0. The lowest BCUT2D eigenvalue weighted by atomic mass is 9.91. The van der Waals surface area contributed by atoms with Crippen molar-refractivity contribution in [2.45, 2.75) is 32.3 Å². The summed E-state index contributed by atoms with van der Waals surface area (Å²) < 4.78 is 26.4. The number of esters is 1. The number of methoxy groups -OCH3 is 1. The summed E-state index contributed by atoms with van der Waals surface area (Å²) in [6.45, 7) is 3.66. The topological polar surface area (TPSA) is 63.2 Å². The Hall–Kier alpha value is -1.11. The van der Waals surface area contributed by atoms with Gasteiger partial charge in [0.05, 0.1) is 32.2 Å². The molecule has 2 atom stereocenters. The molecule has 0 aromatic carbocycles. The SMILES string of the molecule is CCO[C@H]1C[C@H](CC2OCCO2)C(C(=O)OC)=CO1. The van der Waals surface area contributed by atoms with Gasteiger partial charge in [0.25, 0.3) is 0 Å². The quantitative estimate of drug-likeness (QED) is 0.701. The molecule has 6 heteroatoms. The van der Waals surface area contributed by atoms with E-state index in [1.807, 2.05) is 6.92 Å². The fourth-order valence-corrected chi connectivity index (χ4v) is 2.28. The van der Waals surface area contributed by atoms with Crippen molar-refractivity contribution in [2.75, 3.05) is 26.9 Å². The first-order chi connectivity index (χ1) is 9.24. The van der Waals surface area contributed by atoms with E-state index in [0.29, 0.717) is 38.2 Å². The second-order valence-corrected chi connectivity index (χ2v) is 4.43. The molecule has 0 spiro atoms. The molecule has 2 heterocycles. The summed E-state index contributed by atoms with van der Waals surface area (Å²) in [5.74, 6) is -0.418. The minimum Gasteiger partial charge on any atom is -0.472 e. The minimum absolute atomic E-state index is 0.0409. The number of hydrogen-bond acceptors (Lipinski definition) is 6. The van der Waals surface area contributed by atoms with Gasteiger partial charge in [0.2, 0.25) is 0 Å². The van der Waals surface area contributed by atoms with Crippen LogP contribution in [0.2, 0.25) is 0 Å². The zero-order valence-electron chi connectivity index (χ0n) is 11.3. The molecule has 2 aliphatic rings. The van der Waals surface area contributed by atoms with Crippen LogP contribution in [-0.2, 0) is 28.5 Å². The van der Waals surface area contributed by atoms with Gasteiger partial charge in [-0.2, -0.15) is 0 Å². The molecule has 0 aromatic rings. The second kappa shape index (κ2) is 6.88. The molecule has 0 N–H and O–H groups in total. The third-order valence-electron chi connectivity index (χ3n) is 3.21. The van der Waals surface area contributed by atoms with Crippen LogP contribution in [-0.4, -0.2) is 45.5 Å². The van der Waals surface area contributed by atoms with E-state index < -0.39 is 0 Å². The van der Waals surface area contributed by atoms with Crippen molar-refractivity contribution in [2.24, 2.45) is 5.92 Å². The maximum absolute atomic E-state index is 11.7. The van der Waals surface area contributed by atoms with E-state index in [0.717, 1.165) is 0 Å². The molecule has 0 bridgehead atoms. The maximum Gasteiger partial charge on any atom is 0.337 e. The summed E-state index contributed by atoms with van der Waals surface area (Å²) in [6, 6.07) is 0. The summed E-state index contributed by atoms with van der Waals surface area (Å²) in [6.07, 6.45) is 2.05. The van der Waals surface area contributed by atoms with Crippen molar-refractivity contribution in [1.82, 2.24) is 0 Å². The van der Waals surface area contributed by atoms with Gasteiger partial charge in [-0.05, 0) is 6.92 Å². The Balaban J connectivity index is 2.02. The van der Waals surface area contributed by atoms with Crippen molar-refractivity contribution in [3.63, 3.8) is 0 Å². The molecule has 1 saturated heterocycles. The van der Waals surface area contributed by atoms with Crippen LogP contribution in [0.1, 0.15) is 19.8 Å². The Morgan fingerprint density at radius 3 is 2.79 bits per heavy atom. The largest absolute Gasteiger partial charge is 0.472 e. The summed E-state index contributed by atoms with van der Waals surface area (Å²) in [5, 5.41) is 0. The van der Waals surface area contributed by atoms with E-state index in [9.17, 15) is 4.79 Å². The van der Waals surface area contributed by atoms with Gasteiger partial charge in [-0.3, -0.25) is 0 Å². The highest BCUT2D eigenvalue weighted by molar-refractivity contribution is 5.88. The van der Waals surface area contributed by atoms with Gasteiger partial charge in [0, 0.05) is 25.4 Å². The number of hydrogen-bond donors (Lipinski definition) is 0. The van der Waals surface area contributed by atoms with Gasteiger partial charge in [0.1, 0.15) is 0 Å². The standard InChI is InChI=1S/C13H20O6/c1-3-16-11-6-9(7-12-17-4-5-18-12)10(8-19-11)13(14)15-2/h8-9,11-12H,3-7H2,1-2H3/t9-,11-/m1/s1. The first-order valence-electron chi connectivity index (χ1n) is 6.53. The van der Waals surface area contributed by atoms with E-state index in [-0.39, 0.29) is 24.5 Å². The average Bonchev–Trinajstić information content (AvgIpc) is 2.91. The van der Waals surface area contributed by atoms with Crippen LogP contribution in [0.25, 0.3) is 0 Å². The van der Waals surface area contributed by atoms with Crippen LogP contribution < -0.4 is 0 Å². The molecule has 19 heavy (non-hydrogen) atoms. The van der Waals surface area contributed by atoms with Crippen LogP contribution >= 0.6 is 0 Å². The average molecular weight is 272 g/mol. The fourth-order valence-electron chi connectivity index (χ4n) is 2.28. The van der Waals surface area contributed by atoms with Gasteiger partial charge >= 0.3 is 5.97 Å². The molecular weight excluding hydrogens is 252 g/mol. The van der Waals surface area contributed by atoms with Crippen molar-refractivity contribution < 1.29 is 28.5 Å². The lowest BCUT2D eigenvalue weighted by Crippen LogP contribution is -2.30. The van der Waals surface area contributed by atoms with E-state index in [2.05, 4.69) is 0 Å². The van der Waals surface area contributed by atoms with E-state index >= 15 is 0 Å². The zero-order valence-corrected chi connectivity index (χ0v) is 11.3.